The molecule has 96 valence electrons. The number of para-hydroxylation sites is 1. The Kier molecular flexibility index (Phi) is 3.02. The Morgan fingerprint density at radius 3 is 2.56 bits per heavy atom. The van der Waals surface area contributed by atoms with Crippen LogP contribution in [0.25, 0.3) is 11.0 Å². The van der Waals surface area contributed by atoms with Crippen LogP contribution in [0, 0.1) is 0 Å². The number of fused-ring (bicyclic) bond motifs is 1. The first-order chi connectivity index (χ1) is 8.45. The number of rotatable bonds is 2. The number of hydrogen-bond acceptors (Lipinski definition) is 3. The summed E-state index contributed by atoms with van der Waals surface area (Å²) < 4.78 is 48.6. The maximum Gasteiger partial charge on any atom is 0.420 e. The molecule has 1 heterocycles. The van der Waals surface area contributed by atoms with Gasteiger partial charge in [-0.05, 0) is 13.0 Å². The first-order valence-corrected chi connectivity index (χ1v) is 5.21. The molecule has 0 radical (unpaired) electrons. The van der Waals surface area contributed by atoms with Gasteiger partial charge in [-0.15, -0.1) is 0 Å². The number of alkyl halides is 3. The Balaban J connectivity index is 2.90. The van der Waals surface area contributed by atoms with E-state index in [0.717, 1.165) is 0 Å². The molecular weight excluding hydrogens is 249 g/mol. The molecule has 1 aromatic carbocycles. The van der Waals surface area contributed by atoms with Gasteiger partial charge in [0.05, 0.1) is 6.61 Å². The molecule has 2 aromatic rings. The lowest BCUT2D eigenvalue weighted by Crippen LogP contribution is -2.16. The molecule has 18 heavy (non-hydrogen) atoms. The van der Waals surface area contributed by atoms with Crippen LogP contribution in [0.1, 0.15) is 12.5 Å². The van der Waals surface area contributed by atoms with Crippen molar-refractivity contribution in [1.82, 2.24) is 0 Å². The van der Waals surface area contributed by atoms with Crippen molar-refractivity contribution >= 4 is 11.0 Å². The minimum Gasteiger partial charge on any atom is -0.486 e. The summed E-state index contributed by atoms with van der Waals surface area (Å²) in [5.74, 6) is -0.788. The zero-order valence-electron chi connectivity index (χ0n) is 9.38. The Morgan fingerprint density at radius 2 is 1.94 bits per heavy atom. The van der Waals surface area contributed by atoms with Crippen molar-refractivity contribution in [2.45, 2.75) is 13.1 Å². The lowest BCUT2D eigenvalue weighted by Gasteiger charge is -2.13. The first-order valence-electron chi connectivity index (χ1n) is 5.21. The highest BCUT2D eigenvalue weighted by Gasteiger charge is 2.38. The second kappa shape index (κ2) is 4.36. The monoisotopic (exact) mass is 258 g/mol. The summed E-state index contributed by atoms with van der Waals surface area (Å²) in [6.07, 6.45) is -4.68. The molecule has 0 unspecified atom stereocenters. The van der Waals surface area contributed by atoms with Crippen LogP contribution in [0.4, 0.5) is 13.2 Å². The second-order valence-electron chi connectivity index (χ2n) is 3.52. The predicted molar refractivity (Wildman–Crippen MR) is 58.7 cm³/mol. The molecule has 1 aromatic heterocycles. The fourth-order valence-electron chi connectivity index (χ4n) is 1.69. The zero-order chi connectivity index (χ0) is 13.3. The summed E-state index contributed by atoms with van der Waals surface area (Å²) in [6, 6.07) is 5.48. The average molecular weight is 258 g/mol. The van der Waals surface area contributed by atoms with Crippen LogP contribution in [0.5, 0.6) is 5.75 Å². The topological polar surface area (TPSA) is 39.4 Å². The maximum atomic E-state index is 13.0. The van der Waals surface area contributed by atoms with Crippen molar-refractivity contribution in [1.29, 1.82) is 0 Å². The molecule has 0 aliphatic carbocycles. The summed E-state index contributed by atoms with van der Waals surface area (Å²) in [5.41, 5.74) is -2.32. The molecule has 2 rings (SSSR count). The van der Waals surface area contributed by atoms with Gasteiger partial charge in [-0.3, -0.25) is 0 Å². The van der Waals surface area contributed by atoms with Gasteiger partial charge in [0.1, 0.15) is 11.1 Å². The standard InChI is InChI=1S/C12H9F3O3/c1-2-17-10-9(12(13,14)15)7-5-3-4-6-8(7)18-11(10)16/h3-6H,2H2,1H3. The van der Waals surface area contributed by atoms with Crippen molar-refractivity contribution in [3.05, 3.63) is 40.2 Å². The lowest BCUT2D eigenvalue weighted by atomic mass is 10.1. The van der Waals surface area contributed by atoms with Crippen LogP contribution in [0.15, 0.2) is 33.5 Å². The smallest absolute Gasteiger partial charge is 0.420 e. The Labute approximate surface area is 99.8 Å². The van der Waals surface area contributed by atoms with Crippen molar-refractivity contribution in [3.63, 3.8) is 0 Å². The van der Waals surface area contributed by atoms with E-state index in [1.54, 1.807) is 0 Å². The second-order valence-corrected chi connectivity index (χ2v) is 3.52. The van der Waals surface area contributed by atoms with Crippen LogP contribution in [0.2, 0.25) is 0 Å². The molecule has 6 heteroatoms. The van der Waals surface area contributed by atoms with E-state index in [1.807, 2.05) is 0 Å². The van der Waals surface area contributed by atoms with Gasteiger partial charge in [-0.2, -0.15) is 13.2 Å². The van der Waals surface area contributed by atoms with Gasteiger partial charge in [0.25, 0.3) is 0 Å². The highest BCUT2D eigenvalue weighted by Crippen LogP contribution is 2.39. The van der Waals surface area contributed by atoms with Crippen LogP contribution in [0.3, 0.4) is 0 Å². The molecule has 0 saturated carbocycles. The van der Waals surface area contributed by atoms with Crippen molar-refractivity contribution in [2.24, 2.45) is 0 Å². The first kappa shape index (κ1) is 12.5. The highest BCUT2D eigenvalue weighted by atomic mass is 19.4. The fraction of sp³-hybridized carbons (Fsp3) is 0.250. The van der Waals surface area contributed by atoms with Gasteiger partial charge >= 0.3 is 11.8 Å². The third kappa shape index (κ3) is 2.05. The van der Waals surface area contributed by atoms with Crippen molar-refractivity contribution in [3.8, 4) is 5.75 Å². The Hall–Kier alpha value is -1.98. The van der Waals surface area contributed by atoms with Gasteiger partial charge in [-0.25, -0.2) is 4.79 Å². The van der Waals surface area contributed by atoms with Gasteiger partial charge in [0.15, 0.2) is 0 Å². The van der Waals surface area contributed by atoms with E-state index < -0.39 is 23.1 Å². The van der Waals surface area contributed by atoms with Crippen LogP contribution in [-0.2, 0) is 6.18 Å². The van der Waals surface area contributed by atoms with Gasteiger partial charge in [-0.1, -0.05) is 18.2 Å². The van der Waals surface area contributed by atoms with E-state index in [1.165, 1.54) is 31.2 Å². The third-order valence-corrected chi connectivity index (χ3v) is 2.34. The summed E-state index contributed by atoms with van der Waals surface area (Å²) in [6.45, 7) is 1.45. The summed E-state index contributed by atoms with van der Waals surface area (Å²) in [5, 5.41) is -0.187. The number of benzene rings is 1. The molecule has 0 bridgehead atoms. The van der Waals surface area contributed by atoms with Crippen molar-refractivity contribution < 1.29 is 22.3 Å². The molecule has 0 aliphatic heterocycles. The lowest BCUT2D eigenvalue weighted by molar-refractivity contribution is -0.137. The largest absolute Gasteiger partial charge is 0.486 e. The molecule has 0 fully saturated rings. The third-order valence-electron chi connectivity index (χ3n) is 2.34. The Morgan fingerprint density at radius 1 is 1.28 bits per heavy atom. The average Bonchev–Trinajstić information content (AvgIpc) is 2.28. The van der Waals surface area contributed by atoms with Crippen LogP contribution < -0.4 is 10.4 Å². The summed E-state index contributed by atoms with van der Waals surface area (Å²) >= 11 is 0. The maximum absolute atomic E-state index is 13.0. The van der Waals surface area contributed by atoms with Gasteiger partial charge < -0.3 is 9.15 Å². The van der Waals surface area contributed by atoms with Crippen LogP contribution >= 0.6 is 0 Å². The quantitative estimate of drug-likeness (QED) is 0.776. The molecule has 0 N–H and O–H groups in total. The highest BCUT2D eigenvalue weighted by molar-refractivity contribution is 5.82. The summed E-state index contributed by atoms with van der Waals surface area (Å²) in [4.78, 5) is 11.5. The minimum atomic E-state index is -4.68. The predicted octanol–water partition coefficient (Wildman–Crippen LogP) is 3.21. The number of hydrogen-bond donors (Lipinski definition) is 0. The van der Waals surface area contributed by atoms with E-state index in [-0.39, 0.29) is 17.6 Å². The number of ether oxygens (including phenoxy) is 1. The molecule has 0 amide bonds. The normalized spacial score (nSPS) is 11.8. The van der Waals surface area contributed by atoms with E-state index >= 15 is 0 Å². The van der Waals surface area contributed by atoms with Gasteiger partial charge in [0.2, 0.25) is 5.75 Å². The van der Waals surface area contributed by atoms with Crippen molar-refractivity contribution in [2.75, 3.05) is 6.61 Å². The van der Waals surface area contributed by atoms with E-state index in [0.29, 0.717) is 0 Å². The Bertz CT molecular complexity index is 628. The number of halogens is 3. The van der Waals surface area contributed by atoms with Crippen LogP contribution in [-0.4, -0.2) is 6.61 Å². The minimum absolute atomic E-state index is 0.0494. The van der Waals surface area contributed by atoms with E-state index in [9.17, 15) is 18.0 Å². The molecule has 0 spiro atoms. The molecular formula is C12H9F3O3. The molecule has 3 nitrogen and oxygen atoms in total. The van der Waals surface area contributed by atoms with E-state index in [2.05, 4.69) is 0 Å². The summed E-state index contributed by atoms with van der Waals surface area (Å²) in [7, 11) is 0. The zero-order valence-corrected chi connectivity index (χ0v) is 9.38. The SMILES string of the molecule is CCOc1c(C(F)(F)F)c2ccccc2oc1=O. The molecule has 0 atom stereocenters. The van der Waals surface area contributed by atoms with E-state index in [4.69, 9.17) is 9.15 Å². The molecule has 0 aliphatic rings. The van der Waals surface area contributed by atoms with Gasteiger partial charge in [0, 0.05) is 5.39 Å². The molecule has 0 saturated heterocycles. The fourth-order valence-corrected chi connectivity index (χ4v) is 1.69.